The SMILES string of the molecule is CC[C@@H](C)NC(=O)[C@H]1COc2ccccc2O1. The van der Waals surface area contributed by atoms with Gasteiger partial charge in [-0.2, -0.15) is 0 Å². The smallest absolute Gasteiger partial charge is 0.264 e. The van der Waals surface area contributed by atoms with Crippen LogP contribution in [0, 0.1) is 0 Å². The monoisotopic (exact) mass is 235 g/mol. The molecule has 0 radical (unpaired) electrons. The second kappa shape index (κ2) is 5.08. The summed E-state index contributed by atoms with van der Waals surface area (Å²) in [5.74, 6) is 1.21. The molecule has 1 aromatic rings. The van der Waals surface area contributed by atoms with Gasteiger partial charge in [0, 0.05) is 6.04 Å². The minimum absolute atomic E-state index is 0.117. The molecule has 0 bridgehead atoms. The van der Waals surface area contributed by atoms with Gasteiger partial charge in [-0.05, 0) is 25.5 Å². The van der Waals surface area contributed by atoms with Crippen LogP contribution in [0.2, 0.25) is 0 Å². The molecule has 0 saturated carbocycles. The number of ether oxygens (including phenoxy) is 2. The highest BCUT2D eigenvalue weighted by Gasteiger charge is 2.27. The minimum atomic E-state index is -0.557. The van der Waals surface area contributed by atoms with E-state index in [0.29, 0.717) is 11.5 Å². The van der Waals surface area contributed by atoms with Crippen molar-refractivity contribution in [3.8, 4) is 11.5 Å². The molecule has 0 fully saturated rings. The fourth-order valence-electron chi connectivity index (χ4n) is 1.59. The minimum Gasteiger partial charge on any atom is -0.485 e. The molecule has 1 amide bonds. The van der Waals surface area contributed by atoms with Crippen LogP contribution in [0.5, 0.6) is 11.5 Å². The number of carbonyl (C=O) groups is 1. The lowest BCUT2D eigenvalue weighted by Crippen LogP contribution is -2.46. The van der Waals surface area contributed by atoms with E-state index < -0.39 is 6.10 Å². The molecule has 4 nitrogen and oxygen atoms in total. The Morgan fingerprint density at radius 2 is 2.18 bits per heavy atom. The van der Waals surface area contributed by atoms with Crippen molar-refractivity contribution in [1.82, 2.24) is 5.32 Å². The zero-order valence-electron chi connectivity index (χ0n) is 10.1. The average molecular weight is 235 g/mol. The Morgan fingerprint density at radius 1 is 1.47 bits per heavy atom. The predicted octanol–water partition coefficient (Wildman–Crippen LogP) is 1.74. The number of benzene rings is 1. The van der Waals surface area contributed by atoms with E-state index in [1.165, 1.54) is 0 Å². The van der Waals surface area contributed by atoms with E-state index in [9.17, 15) is 4.79 Å². The fraction of sp³-hybridized carbons (Fsp3) is 0.462. The Labute approximate surface area is 101 Å². The van der Waals surface area contributed by atoms with Crippen molar-refractivity contribution in [3.05, 3.63) is 24.3 Å². The van der Waals surface area contributed by atoms with Gasteiger partial charge < -0.3 is 14.8 Å². The first-order valence-corrected chi connectivity index (χ1v) is 5.89. The van der Waals surface area contributed by atoms with E-state index in [1.807, 2.05) is 32.0 Å². The van der Waals surface area contributed by atoms with Gasteiger partial charge in [-0.15, -0.1) is 0 Å². The molecular weight excluding hydrogens is 218 g/mol. The number of hydrogen-bond acceptors (Lipinski definition) is 3. The second-order valence-corrected chi connectivity index (χ2v) is 4.18. The zero-order valence-corrected chi connectivity index (χ0v) is 10.1. The summed E-state index contributed by atoms with van der Waals surface area (Å²) in [5.41, 5.74) is 0. The molecule has 1 aliphatic rings. The van der Waals surface area contributed by atoms with Crippen molar-refractivity contribution >= 4 is 5.91 Å². The summed E-state index contributed by atoms with van der Waals surface area (Å²) in [4.78, 5) is 11.9. The van der Waals surface area contributed by atoms with Crippen LogP contribution in [-0.4, -0.2) is 24.7 Å². The van der Waals surface area contributed by atoms with Crippen molar-refractivity contribution in [3.63, 3.8) is 0 Å². The largest absolute Gasteiger partial charge is 0.485 e. The van der Waals surface area contributed by atoms with E-state index >= 15 is 0 Å². The Bertz CT molecular complexity index is 405. The van der Waals surface area contributed by atoms with Gasteiger partial charge in [0.2, 0.25) is 6.10 Å². The zero-order chi connectivity index (χ0) is 12.3. The number of para-hydroxylation sites is 2. The van der Waals surface area contributed by atoms with E-state index in [-0.39, 0.29) is 18.6 Å². The number of hydrogen-bond donors (Lipinski definition) is 1. The van der Waals surface area contributed by atoms with Crippen molar-refractivity contribution < 1.29 is 14.3 Å². The molecular formula is C13H17NO3. The van der Waals surface area contributed by atoms with Crippen LogP contribution in [0.15, 0.2) is 24.3 Å². The van der Waals surface area contributed by atoms with E-state index in [4.69, 9.17) is 9.47 Å². The third-order valence-electron chi connectivity index (χ3n) is 2.80. The van der Waals surface area contributed by atoms with Gasteiger partial charge in [0.25, 0.3) is 5.91 Å². The van der Waals surface area contributed by atoms with Crippen LogP contribution in [0.4, 0.5) is 0 Å². The molecule has 92 valence electrons. The first-order valence-electron chi connectivity index (χ1n) is 5.89. The van der Waals surface area contributed by atoms with Crippen LogP contribution in [0.1, 0.15) is 20.3 Å². The molecule has 0 aliphatic carbocycles. The standard InChI is InChI=1S/C13H17NO3/c1-3-9(2)14-13(15)12-8-16-10-6-4-5-7-11(10)17-12/h4-7,9,12H,3,8H2,1-2H3,(H,14,15)/t9-,12-/m1/s1. The van der Waals surface area contributed by atoms with Crippen molar-refractivity contribution in [2.75, 3.05) is 6.61 Å². The van der Waals surface area contributed by atoms with Crippen LogP contribution in [0.3, 0.4) is 0 Å². The molecule has 1 aliphatic heterocycles. The number of carbonyl (C=O) groups excluding carboxylic acids is 1. The summed E-state index contributed by atoms with van der Waals surface area (Å²) < 4.78 is 11.1. The maximum Gasteiger partial charge on any atom is 0.264 e. The van der Waals surface area contributed by atoms with Crippen LogP contribution >= 0.6 is 0 Å². The molecule has 0 aromatic heterocycles. The second-order valence-electron chi connectivity index (χ2n) is 4.18. The van der Waals surface area contributed by atoms with Crippen molar-refractivity contribution in [2.24, 2.45) is 0 Å². The molecule has 2 atom stereocenters. The molecule has 0 spiro atoms. The highest BCUT2D eigenvalue weighted by Crippen LogP contribution is 2.30. The van der Waals surface area contributed by atoms with Crippen LogP contribution < -0.4 is 14.8 Å². The Kier molecular flexibility index (Phi) is 3.52. The Hall–Kier alpha value is -1.71. The van der Waals surface area contributed by atoms with E-state index in [0.717, 1.165) is 6.42 Å². The number of fused-ring (bicyclic) bond motifs is 1. The average Bonchev–Trinajstić information content (AvgIpc) is 2.38. The number of nitrogens with one attached hydrogen (secondary N) is 1. The summed E-state index contributed by atoms with van der Waals surface area (Å²) >= 11 is 0. The van der Waals surface area contributed by atoms with Crippen LogP contribution in [0.25, 0.3) is 0 Å². The molecule has 1 aromatic carbocycles. The van der Waals surface area contributed by atoms with Crippen molar-refractivity contribution in [2.45, 2.75) is 32.4 Å². The van der Waals surface area contributed by atoms with E-state index in [2.05, 4.69) is 5.32 Å². The maximum atomic E-state index is 11.9. The number of amides is 1. The van der Waals surface area contributed by atoms with E-state index in [1.54, 1.807) is 6.07 Å². The summed E-state index contributed by atoms with van der Waals surface area (Å²) in [5, 5.41) is 2.89. The number of rotatable bonds is 3. The lowest BCUT2D eigenvalue weighted by molar-refractivity contribution is -0.131. The van der Waals surface area contributed by atoms with Crippen molar-refractivity contribution in [1.29, 1.82) is 0 Å². The summed E-state index contributed by atoms with van der Waals surface area (Å²) in [6.45, 7) is 4.26. The first kappa shape index (κ1) is 11.8. The topological polar surface area (TPSA) is 47.6 Å². The van der Waals surface area contributed by atoms with Gasteiger partial charge in [-0.3, -0.25) is 4.79 Å². The first-order chi connectivity index (χ1) is 8.20. The Morgan fingerprint density at radius 3 is 2.88 bits per heavy atom. The fourth-order valence-corrected chi connectivity index (χ4v) is 1.59. The summed E-state index contributed by atoms with van der Waals surface area (Å²) in [7, 11) is 0. The quantitative estimate of drug-likeness (QED) is 0.868. The molecule has 0 saturated heterocycles. The van der Waals surface area contributed by atoms with Gasteiger partial charge in [-0.1, -0.05) is 19.1 Å². The summed E-state index contributed by atoms with van der Waals surface area (Å²) in [6, 6.07) is 7.53. The molecule has 4 heteroatoms. The third kappa shape index (κ3) is 2.70. The highest BCUT2D eigenvalue weighted by molar-refractivity contribution is 5.82. The lowest BCUT2D eigenvalue weighted by Gasteiger charge is -2.26. The molecule has 17 heavy (non-hydrogen) atoms. The molecule has 0 unspecified atom stereocenters. The highest BCUT2D eigenvalue weighted by atomic mass is 16.6. The molecule has 2 rings (SSSR count). The predicted molar refractivity (Wildman–Crippen MR) is 64.2 cm³/mol. The third-order valence-corrected chi connectivity index (χ3v) is 2.80. The van der Waals surface area contributed by atoms with Gasteiger partial charge >= 0.3 is 0 Å². The van der Waals surface area contributed by atoms with Gasteiger partial charge in [0.15, 0.2) is 11.5 Å². The van der Waals surface area contributed by atoms with Crippen LogP contribution in [-0.2, 0) is 4.79 Å². The summed E-state index contributed by atoms with van der Waals surface area (Å²) in [6.07, 6.45) is 0.342. The normalized spacial score (nSPS) is 19.5. The molecule has 1 N–H and O–H groups in total. The van der Waals surface area contributed by atoms with Gasteiger partial charge in [0.05, 0.1) is 0 Å². The molecule has 1 heterocycles. The maximum absolute atomic E-state index is 11.9. The Balaban J connectivity index is 2.00. The lowest BCUT2D eigenvalue weighted by atomic mass is 10.2. The van der Waals surface area contributed by atoms with Gasteiger partial charge in [0.1, 0.15) is 6.61 Å². The van der Waals surface area contributed by atoms with Gasteiger partial charge in [-0.25, -0.2) is 0 Å².